The molecule has 0 saturated carbocycles. The van der Waals surface area contributed by atoms with E-state index < -0.39 is 56.5 Å². The third-order valence-electron chi connectivity index (χ3n) is 5.05. The molecule has 3 heterocycles. The second-order valence-corrected chi connectivity index (χ2v) is 8.86. The summed E-state index contributed by atoms with van der Waals surface area (Å²) >= 11 is 0. The topological polar surface area (TPSA) is 152 Å². The Bertz CT molecular complexity index is 1080. The summed E-state index contributed by atoms with van der Waals surface area (Å²) in [7, 11) is -4.44. The van der Waals surface area contributed by atoms with Gasteiger partial charge in [-0.25, -0.2) is 0 Å². The van der Waals surface area contributed by atoms with Crippen molar-refractivity contribution >= 4 is 8.17 Å². The van der Waals surface area contributed by atoms with Gasteiger partial charge in [0.2, 0.25) is 0 Å². The van der Waals surface area contributed by atoms with Gasteiger partial charge in [-0.3, -0.25) is 0 Å². The van der Waals surface area contributed by atoms with Crippen LogP contribution in [0.5, 0.6) is 5.75 Å². The van der Waals surface area contributed by atoms with Crippen molar-refractivity contribution in [2.45, 2.75) is 37.1 Å². The van der Waals surface area contributed by atoms with Crippen LogP contribution in [0.3, 0.4) is 0 Å². The summed E-state index contributed by atoms with van der Waals surface area (Å²) in [6, 6.07) is 7.47. The predicted octanol–water partition coefficient (Wildman–Crippen LogP) is -0.181. The van der Waals surface area contributed by atoms with Gasteiger partial charge in [0, 0.05) is 0 Å². The second-order valence-electron chi connectivity index (χ2n) is 7.03. The molecule has 0 aliphatic carbocycles. The predicted molar refractivity (Wildman–Crippen MR) is 101 cm³/mol. The van der Waals surface area contributed by atoms with E-state index in [9.17, 15) is 33.5 Å². The summed E-state index contributed by atoms with van der Waals surface area (Å²) in [4.78, 5) is 35.6. The summed E-state index contributed by atoms with van der Waals surface area (Å²) in [5.41, 5.74) is -4.01. The van der Waals surface area contributed by atoms with E-state index in [-0.39, 0.29) is 12.4 Å². The Morgan fingerprint density at radius 1 is 1.29 bits per heavy atom. The number of H-pyrrole nitrogens is 1. The molecule has 1 aromatic heterocycles. The fourth-order valence-electron chi connectivity index (χ4n) is 3.36. The van der Waals surface area contributed by atoms with Crippen molar-refractivity contribution in [2.75, 3.05) is 6.61 Å². The van der Waals surface area contributed by atoms with Crippen LogP contribution < -0.4 is 15.8 Å². The normalized spacial score (nSPS) is 30.6. The molecule has 0 spiro atoms. The third kappa shape index (κ3) is 3.89. The number of aliphatic hydroxyl groups excluding tert-OH is 2. The number of ether oxygens (including phenoxy) is 1. The van der Waals surface area contributed by atoms with Crippen molar-refractivity contribution in [2.24, 2.45) is 0 Å². The molecule has 31 heavy (non-hydrogen) atoms. The Hall–Kier alpha value is -2.25. The molecule has 2 aromatic rings. The Labute approximate surface area is 173 Å². The number of aromatic amines is 1. The van der Waals surface area contributed by atoms with E-state index in [0.29, 0.717) is 10.1 Å². The molecular weight excluding hydrogens is 445 g/mol. The van der Waals surface area contributed by atoms with Crippen molar-refractivity contribution in [3.8, 4) is 5.75 Å². The molecule has 0 bridgehead atoms. The molecule has 0 unspecified atom stereocenters. The summed E-state index contributed by atoms with van der Waals surface area (Å²) in [6.45, 7) is -1.22. The average Bonchev–Trinajstić information content (AvgIpc) is 2.98. The zero-order valence-corrected chi connectivity index (χ0v) is 16.7. The quantitative estimate of drug-likeness (QED) is 0.442. The molecule has 1 aromatic carbocycles. The number of fused-ring (bicyclic) bond motifs is 1. The zero-order chi connectivity index (χ0) is 22.4. The van der Waals surface area contributed by atoms with Crippen LogP contribution >= 0.6 is 8.17 Å². The van der Waals surface area contributed by atoms with E-state index in [2.05, 4.69) is 0 Å². The van der Waals surface area contributed by atoms with Gasteiger partial charge < -0.3 is 0 Å². The molecule has 4 rings (SSSR count). The van der Waals surface area contributed by atoms with Gasteiger partial charge in [0.25, 0.3) is 0 Å². The minimum atomic E-state index is -4.44. The van der Waals surface area contributed by atoms with Crippen LogP contribution in [0.4, 0.5) is 8.78 Å². The van der Waals surface area contributed by atoms with Crippen LogP contribution in [0, 0.1) is 0 Å². The monoisotopic (exact) mass is 464 g/mol. The number of hydrogen-bond donors (Lipinski definition) is 4. The van der Waals surface area contributed by atoms with Crippen molar-refractivity contribution in [3.05, 3.63) is 62.9 Å². The number of benzene rings is 1. The molecule has 2 aliphatic rings. The summed E-state index contributed by atoms with van der Waals surface area (Å²) in [6.07, 6.45) is -8.44. The number of aromatic nitrogens is 2. The first kappa shape index (κ1) is 22.0. The van der Waals surface area contributed by atoms with E-state index in [1.807, 2.05) is 4.98 Å². The first-order valence-electron chi connectivity index (χ1n) is 9.06. The molecule has 170 valence electrons. The average molecular weight is 464 g/mol. The van der Waals surface area contributed by atoms with Crippen LogP contribution in [-0.2, 0) is 20.4 Å². The minimum absolute atomic E-state index is 0.0952. The van der Waals surface area contributed by atoms with Crippen molar-refractivity contribution in [1.29, 1.82) is 0 Å². The first-order valence-corrected chi connectivity index (χ1v) is 10.7. The number of para-hydroxylation sites is 1. The standard InChI is InChI=1S/C17H19F2N2O9P/c18-15(19)17(8-28-31(26)27-7-9-3-1-2-4-10(9)30-31)13(24)12(23)14(29-17)21-6-5-11(22)20-16(21)25/h1-6,12-15,23-24,26,31H,7-8H2,(H,20,22,25)/t12-,13+,14-,17-/m1/s1. The molecule has 4 atom stereocenters. The van der Waals surface area contributed by atoms with Gasteiger partial charge >= 0.3 is 172 Å². The summed E-state index contributed by atoms with van der Waals surface area (Å²) in [5, 5.41) is 20.6. The number of aliphatic hydroxyl groups is 2. The number of alkyl halides is 2. The van der Waals surface area contributed by atoms with Crippen molar-refractivity contribution < 1.29 is 42.2 Å². The Balaban J connectivity index is 1.58. The van der Waals surface area contributed by atoms with Crippen LogP contribution in [0.2, 0.25) is 0 Å². The van der Waals surface area contributed by atoms with Gasteiger partial charge in [0.1, 0.15) is 0 Å². The second kappa shape index (κ2) is 8.02. The van der Waals surface area contributed by atoms with Gasteiger partial charge in [-0.15, -0.1) is 0 Å². The van der Waals surface area contributed by atoms with E-state index in [1.165, 1.54) is 6.07 Å². The molecule has 14 heteroatoms. The van der Waals surface area contributed by atoms with Gasteiger partial charge in [0.15, 0.2) is 0 Å². The Kier molecular flexibility index (Phi) is 5.68. The van der Waals surface area contributed by atoms with Gasteiger partial charge in [0.05, 0.1) is 0 Å². The number of halogens is 2. The van der Waals surface area contributed by atoms with Crippen LogP contribution in [0.1, 0.15) is 11.8 Å². The van der Waals surface area contributed by atoms with Gasteiger partial charge in [-0.05, 0) is 0 Å². The Morgan fingerprint density at radius 3 is 2.74 bits per heavy atom. The molecule has 11 nitrogen and oxygen atoms in total. The molecular formula is C17H19F2N2O9P. The van der Waals surface area contributed by atoms with Gasteiger partial charge in [-0.1, -0.05) is 0 Å². The van der Waals surface area contributed by atoms with Crippen LogP contribution in [0.15, 0.2) is 46.1 Å². The third-order valence-corrected chi connectivity index (χ3v) is 6.55. The van der Waals surface area contributed by atoms with E-state index in [1.54, 1.807) is 18.2 Å². The fraction of sp³-hybridized carbons (Fsp3) is 0.412. The molecule has 1 fully saturated rings. The summed E-state index contributed by atoms with van der Waals surface area (Å²) < 4.78 is 49.6. The maximum atomic E-state index is 14.0. The SMILES string of the molecule is O=c1ccn([C@@H]2O[C@@](CO[PH]3(O)OCc4ccccc4O3)(C(F)F)[C@@H](O)[C@H]2O)c(=O)[nH]1. The molecule has 2 aliphatic heterocycles. The molecule has 0 radical (unpaired) electrons. The fourth-order valence-corrected chi connectivity index (χ4v) is 4.78. The van der Waals surface area contributed by atoms with Crippen molar-refractivity contribution in [1.82, 2.24) is 9.55 Å². The van der Waals surface area contributed by atoms with E-state index >= 15 is 0 Å². The number of nitrogens with zero attached hydrogens (tertiary/aromatic N) is 1. The van der Waals surface area contributed by atoms with E-state index in [4.69, 9.17) is 18.3 Å². The number of nitrogens with one attached hydrogen (secondary N) is 1. The molecule has 4 N–H and O–H groups in total. The van der Waals surface area contributed by atoms with Crippen LogP contribution in [0.25, 0.3) is 0 Å². The van der Waals surface area contributed by atoms with E-state index in [0.717, 1.165) is 12.3 Å². The number of rotatable bonds is 5. The number of hydrogen-bond acceptors (Lipinski definition) is 9. The van der Waals surface area contributed by atoms with Crippen molar-refractivity contribution in [3.63, 3.8) is 0 Å². The molecule has 0 amide bonds. The zero-order valence-electron chi connectivity index (χ0n) is 15.7. The maximum absolute atomic E-state index is 14.0. The first-order chi connectivity index (χ1) is 14.7. The van der Waals surface area contributed by atoms with Crippen LogP contribution in [-0.4, -0.2) is 55.5 Å². The van der Waals surface area contributed by atoms with Gasteiger partial charge in [-0.2, -0.15) is 0 Å². The summed E-state index contributed by atoms with van der Waals surface area (Å²) in [5.74, 6) is 0.250. The molecule has 1 saturated heterocycles. The Morgan fingerprint density at radius 2 is 2.03 bits per heavy atom.